The average Bonchev–Trinajstić information content (AvgIpc) is 3.09. The molecule has 0 saturated carbocycles. The fourth-order valence-electron chi connectivity index (χ4n) is 2.65. The van der Waals surface area contributed by atoms with Gasteiger partial charge in [-0.05, 0) is 64.4 Å². The molecule has 2 unspecified atom stereocenters. The third kappa shape index (κ3) is 9.30. The topological polar surface area (TPSA) is 102 Å². The molecule has 0 saturated heterocycles. The summed E-state index contributed by atoms with van der Waals surface area (Å²) in [5.74, 6) is -0.0501. The van der Waals surface area contributed by atoms with E-state index in [2.05, 4.69) is 46.1 Å². The molecule has 0 spiro atoms. The molecule has 5 N–H and O–H groups in total. The van der Waals surface area contributed by atoms with Gasteiger partial charge < -0.3 is 21.1 Å². The molecule has 1 heterocycles. The third-order valence-corrected chi connectivity index (χ3v) is 4.97. The van der Waals surface area contributed by atoms with E-state index in [9.17, 15) is 9.90 Å². The van der Waals surface area contributed by atoms with E-state index >= 15 is 0 Å². The van der Waals surface area contributed by atoms with Gasteiger partial charge in [0.15, 0.2) is 0 Å². The van der Waals surface area contributed by atoms with Gasteiger partial charge in [-0.3, -0.25) is 9.89 Å². The van der Waals surface area contributed by atoms with Crippen molar-refractivity contribution in [2.45, 2.75) is 59.2 Å². The van der Waals surface area contributed by atoms with Crippen molar-refractivity contribution in [1.82, 2.24) is 20.8 Å². The highest BCUT2D eigenvalue weighted by Crippen LogP contribution is 2.17. The van der Waals surface area contributed by atoms with Crippen LogP contribution in [0.1, 0.15) is 43.5 Å². The van der Waals surface area contributed by atoms with E-state index in [1.807, 2.05) is 26.1 Å². The summed E-state index contributed by atoms with van der Waals surface area (Å²) in [6.07, 6.45) is 2.89. The van der Waals surface area contributed by atoms with Gasteiger partial charge in [0.05, 0.1) is 24.0 Å². The van der Waals surface area contributed by atoms with Gasteiger partial charge in [0.1, 0.15) is 6.23 Å². The second-order valence-electron chi connectivity index (χ2n) is 7.01. The number of halogens is 1. The average molecular weight is 424 g/mol. The van der Waals surface area contributed by atoms with Crippen LogP contribution in [-0.4, -0.2) is 47.1 Å². The Kier molecular flexibility index (Phi) is 11.3. The Morgan fingerprint density at radius 1 is 1.34 bits per heavy atom. The fraction of sp³-hybridized carbons (Fsp3) is 0.524. The van der Waals surface area contributed by atoms with Gasteiger partial charge in [-0.2, -0.15) is 5.10 Å². The monoisotopic (exact) mass is 423 g/mol. The van der Waals surface area contributed by atoms with Crippen LogP contribution in [0.25, 0.3) is 0 Å². The Balaban J connectivity index is 0.000000387. The van der Waals surface area contributed by atoms with Gasteiger partial charge in [0, 0.05) is 11.1 Å². The second-order valence-corrected chi connectivity index (χ2v) is 7.41. The Labute approximate surface area is 178 Å². The van der Waals surface area contributed by atoms with Crippen LogP contribution in [0.15, 0.2) is 24.4 Å². The van der Waals surface area contributed by atoms with Crippen LogP contribution in [0.3, 0.4) is 0 Å². The molecule has 29 heavy (non-hydrogen) atoms. The van der Waals surface area contributed by atoms with Crippen LogP contribution >= 0.6 is 11.6 Å². The van der Waals surface area contributed by atoms with E-state index in [-0.39, 0.29) is 18.4 Å². The van der Waals surface area contributed by atoms with Gasteiger partial charge in [0.2, 0.25) is 5.91 Å². The van der Waals surface area contributed by atoms with Crippen LogP contribution in [-0.2, 0) is 11.2 Å². The van der Waals surface area contributed by atoms with Crippen LogP contribution in [0.4, 0.5) is 5.69 Å². The fourth-order valence-corrected chi connectivity index (χ4v) is 2.87. The number of carbonyl (C=O) groups excluding carboxylic acids is 1. The number of hydrogen-bond acceptors (Lipinski definition) is 5. The summed E-state index contributed by atoms with van der Waals surface area (Å²) in [5.41, 5.74) is 3.76. The Bertz CT molecular complexity index is 728. The van der Waals surface area contributed by atoms with Crippen molar-refractivity contribution in [1.29, 1.82) is 0 Å². The molecule has 0 aliphatic heterocycles. The number of aromatic nitrogens is 2. The molecule has 0 fully saturated rings. The number of anilines is 1. The standard InChI is InChI=1S/C13H25N5O2.C8H9Cl/c1-4-10(5-6-14-3)17-13(20)7-11-12(8-15-18-11)16-9(2)19;1-6-4-3-5-8(9)7(6)2/h8-10,14,16,19H,4-7H2,1-3H3,(H,15,18)(H,17,20);3-5H,1-2H3. The van der Waals surface area contributed by atoms with Crippen molar-refractivity contribution in [2.24, 2.45) is 0 Å². The predicted octanol–water partition coefficient (Wildman–Crippen LogP) is 3.16. The number of aromatic amines is 1. The van der Waals surface area contributed by atoms with Gasteiger partial charge in [0.25, 0.3) is 0 Å². The number of benzene rings is 1. The predicted molar refractivity (Wildman–Crippen MR) is 119 cm³/mol. The minimum absolute atomic E-state index is 0.0501. The van der Waals surface area contributed by atoms with Crippen LogP contribution in [0, 0.1) is 13.8 Å². The maximum Gasteiger partial charge on any atom is 0.226 e. The first-order valence-corrected chi connectivity index (χ1v) is 10.3. The van der Waals surface area contributed by atoms with Crippen LogP contribution < -0.4 is 16.0 Å². The zero-order valence-corrected chi connectivity index (χ0v) is 18.7. The minimum atomic E-state index is -0.687. The molecule has 7 nitrogen and oxygen atoms in total. The molecular formula is C21H34ClN5O2. The van der Waals surface area contributed by atoms with Crippen molar-refractivity contribution in [3.8, 4) is 0 Å². The van der Waals surface area contributed by atoms with Gasteiger partial charge in [-0.1, -0.05) is 30.7 Å². The minimum Gasteiger partial charge on any atom is -0.374 e. The number of aliphatic hydroxyl groups excluding tert-OH is 1. The van der Waals surface area contributed by atoms with Crippen molar-refractivity contribution in [3.63, 3.8) is 0 Å². The number of carbonyl (C=O) groups is 1. The molecule has 2 aromatic rings. The normalized spacial score (nSPS) is 12.5. The quantitative estimate of drug-likeness (QED) is 0.399. The van der Waals surface area contributed by atoms with E-state index in [0.29, 0.717) is 11.4 Å². The SMILES string of the molecule is CCC(CCNC)NC(=O)Cc1[nH]ncc1NC(C)O.Cc1cccc(Cl)c1C. The number of nitrogens with one attached hydrogen (secondary N) is 4. The Hall–Kier alpha value is -2.09. The molecule has 1 aromatic heterocycles. The maximum atomic E-state index is 12.0. The Morgan fingerprint density at radius 3 is 2.62 bits per heavy atom. The lowest BCUT2D eigenvalue weighted by atomic mass is 10.1. The molecule has 1 aromatic carbocycles. The first-order valence-electron chi connectivity index (χ1n) is 9.90. The zero-order chi connectivity index (χ0) is 21.8. The number of amides is 1. The van der Waals surface area contributed by atoms with Gasteiger partial charge >= 0.3 is 0 Å². The number of nitrogens with zero attached hydrogens (tertiary/aromatic N) is 1. The molecule has 2 atom stereocenters. The van der Waals surface area contributed by atoms with Gasteiger partial charge in [-0.25, -0.2) is 0 Å². The summed E-state index contributed by atoms with van der Waals surface area (Å²) in [6, 6.07) is 6.10. The molecule has 0 bridgehead atoms. The second kappa shape index (κ2) is 13.2. The van der Waals surface area contributed by atoms with E-state index in [1.54, 1.807) is 13.1 Å². The Morgan fingerprint density at radius 2 is 2.07 bits per heavy atom. The summed E-state index contributed by atoms with van der Waals surface area (Å²) in [7, 11) is 1.90. The highest BCUT2D eigenvalue weighted by Gasteiger charge is 2.14. The zero-order valence-electron chi connectivity index (χ0n) is 18.0. The molecule has 8 heteroatoms. The number of hydrogen-bond donors (Lipinski definition) is 5. The molecular weight excluding hydrogens is 390 g/mol. The van der Waals surface area contributed by atoms with Crippen molar-refractivity contribution in [3.05, 3.63) is 46.2 Å². The summed E-state index contributed by atoms with van der Waals surface area (Å²) < 4.78 is 0. The summed E-state index contributed by atoms with van der Waals surface area (Å²) in [4.78, 5) is 12.0. The highest BCUT2D eigenvalue weighted by atomic mass is 35.5. The maximum absolute atomic E-state index is 12.0. The number of rotatable bonds is 9. The van der Waals surface area contributed by atoms with Crippen LogP contribution in [0.2, 0.25) is 5.02 Å². The van der Waals surface area contributed by atoms with E-state index in [0.717, 1.165) is 24.4 Å². The first kappa shape index (κ1) is 24.9. The van der Waals surface area contributed by atoms with Crippen molar-refractivity contribution >= 4 is 23.2 Å². The molecule has 0 radical (unpaired) electrons. The molecule has 1 amide bonds. The summed E-state index contributed by atoms with van der Waals surface area (Å²) in [6.45, 7) is 8.62. The molecule has 2 rings (SSSR count). The third-order valence-electron chi connectivity index (χ3n) is 4.56. The van der Waals surface area contributed by atoms with Gasteiger partial charge in [-0.15, -0.1) is 0 Å². The summed E-state index contributed by atoms with van der Waals surface area (Å²) >= 11 is 5.81. The number of H-pyrrole nitrogens is 1. The lowest BCUT2D eigenvalue weighted by molar-refractivity contribution is -0.121. The van der Waals surface area contributed by atoms with Crippen LogP contribution in [0.5, 0.6) is 0 Å². The van der Waals surface area contributed by atoms with Crippen molar-refractivity contribution in [2.75, 3.05) is 18.9 Å². The molecule has 162 valence electrons. The van der Waals surface area contributed by atoms with E-state index in [4.69, 9.17) is 11.6 Å². The smallest absolute Gasteiger partial charge is 0.226 e. The van der Waals surface area contributed by atoms with Crippen molar-refractivity contribution < 1.29 is 9.90 Å². The number of aryl methyl sites for hydroxylation is 1. The van der Waals surface area contributed by atoms with E-state index in [1.165, 1.54) is 11.1 Å². The first-order chi connectivity index (χ1) is 13.8. The lowest BCUT2D eigenvalue weighted by Crippen LogP contribution is -2.37. The largest absolute Gasteiger partial charge is 0.374 e. The lowest BCUT2D eigenvalue weighted by Gasteiger charge is -2.17. The number of aliphatic hydroxyl groups is 1. The molecule has 0 aliphatic carbocycles. The molecule has 0 aliphatic rings. The summed E-state index contributed by atoms with van der Waals surface area (Å²) in [5, 5.41) is 25.7. The highest BCUT2D eigenvalue weighted by molar-refractivity contribution is 6.31. The van der Waals surface area contributed by atoms with E-state index < -0.39 is 6.23 Å².